The van der Waals surface area contributed by atoms with Crippen LogP contribution in [0.3, 0.4) is 0 Å². The molecule has 3 aliphatic rings. The molecule has 2 N–H and O–H groups in total. The number of hydrogen-bond acceptors (Lipinski definition) is 8. The maximum Gasteiger partial charge on any atom is 0.144 e. The van der Waals surface area contributed by atoms with Crippen molar-refractivity contribution in [1.29, 1.82) is 5.26 Å². The molecule has 0 amide bonds. The summed E-state index contributed by atoms with van der Waals surface area (Å²) in [6.07, 6.45) is 3.67. The van der Waals surface area contributed by atoms with Crippen LogP contribution in [0.2, 0.25) is 0 Å². The van der Waals surface area contributed by atoms with Crippen molar-refractivity contribution >= 4 is 17.3 Å². The molecular weight excluding hydrogens is 368 g/mol. The Morgan fingerprint density at radius 2 is 1.97 bits per heavy atom. The van der Waals surface area contributed by atoms with Gasteiger partial charge in [0, 0.05) is 19.2 Å². The van der Waals surface area contributed by atoms with E-state index in [1.165, 1.54) is 0 Å². The third kappa shape index (κ3) is 3.48. The van der Waals surface area contributed by atoms with E-state index in [-0.39, 0.29) is 0 Å². The molecule has 1 aromatic heterocycles. The molecule has 0 radical (unpaired) electrons. The summed E-state index contributed by atoms with van der Waals surface area (Å²) in [4.78, 5) is 11.2. The predicted molar refractivity (Wildman–Crippen MR) is 109 cm³/mol. The molecule has 5 rings (SSSR count). The monoisotopic (exact) mass is 392 g/mol. The number of nitriles is 1. The molecule has 0 atom stereocenters. The summed E-state index contributed by atoms with van der Waals surface area (Å²) in [5.41, 5.74) is 3.59. The highest BCUT2D eigenvalue weighted by atomic mass is 16.5. The Balaban J connectivity index is 1.51. The zero-order valence-corrected chi connectivity index (χ0v) is 16.3. The fraction of sp³-hybridized carbons (Fsp3) is 0.476. The van der Waals surface area contributed by atoms with E-state index in [4.69, 9.17) is 9.47 Å². The molecule has 1 aromatic carbocycles. The van der Waals surface area contributed by atoms with Gasteiger partial charge in [-0.15, -0.1) is 0 Å². The number of nitrogens with zero attached hydrogens (tertiary/aromatic N) is 4. The maximum atomic E-state index is 9.73. The molecule has 8 nitrogen and oxygen atoms in total. The van der Waals surface area contributed by atoms with E-state index in [0.29, 0.717) is 37.1 Å². The van der Waals surface area contributed by atoms with Crippen molar-refractivity contribution < 1.29 is 9.47 Å². The molecule has 0 unspecified atom stereocenters. The first-order valence-corrected chi connectivity index (χ1v) is 10.2. The first-order valence-electron chi connectivity index (χ1n) is 10.2. The van der Waals surface area contributed by atoms with Crippen LogP contribution in [-0.2, 0) is 11.3 Å². The Kier molecular flexibility index (Phi) is 4.92. The Morgan fingerprint density at radius 1 is 1.14 bits per heavy atom. The van der Waals surface area contributed by atoms with E-state index in [2.05, 4.69) is 37.6 Å². The SMILES string of the molecule is N#Cc1cc2c(cc1C1CCNCC1)Nc1ncnc(N3CCOCC3)c1CO2. The molecule has 0 aliphatic carbocycles. The van der Waals surface area contributed by atoms with Crippen molar-refractivity contribution in [2.75, 3.05) is 49.6 Å². The standard InChI is InChI=1S/C21H24N6O2/c22-11-15-9-19-18(10-16(15)14-1-3-23-4-2-14)26-20-17(12-29-19)21(25-13-24-20)27-5-7-28-8-6-27/h9-10,13-14,23H,1-8,12H2,(H,24,25,26). The first kappa shape index (κ1) is 18.2. The zero-order chi connectivity index (χ0) is 19.6. The van der Waals surface area contributed by atoms with Crippen LogP contribution >= 0.6 is 0 Å². The number of benzene rings is 1. The summed E-state index contributed by atoms with van der Waals surface area (Å²) in [7, 11) is 0. The van der Waals surface area contributed by atoms with Crippen LogP contribution in [0, 0.1) is 11.3 Å². The van der Waals surface area contributed by atoms with Gasteiger partial charge < -0.3 is 25.0 Å². The van der Waals surface area contributed by atoms with Crippen LogP contribution in [0.25, 0.3) is 0 Å². The summed E-state index contributed by atoms with van der Waals surface area (Å²) < 4.78 is 11.6. The van der Waals surface area contributed by atoms with Crippen LogP contribution < -0.4 is 20.3 Å². The summed E-state index contributed by atoms with van der Waals surface area (Å²) >= 11 is 0. The average Bonchev–Trinajstić information content (AvgIpc) is 2.98. The van der Waals surface area contributed by atoms with E-state index in [9.17, 15) is 5.26 Å². The van der Waals surface area contributed by atoms with Gasteiger partial charge in [-0.2, -0.15) is 5.26 Å². The van der Waals surface area contributed by atoms with E-state index < -0.39 is 0 Å². The normalized spacial score (nSPS) is 19.2. The molecular formula is C21H24N6O2. The Bertz CT molecular complexity index is 945. The number of anilines is 3. The minimum Gasteiger partial charge on any atom is -0.486 e. The predicted octanol–water partition coefficient (Wildman–Crippen LogP) is 2.29. The van der Waals surface area contributed by atoms with E-state index in [1.807, 2.05) is 6.07 Å². The lowest BCUT2D eigenvalue weighted by Gasteiger charge is -2.29. The van der Waals surface area contributed by atoms with Crippen molar-refractivity contribution in [2.24, 2.45) is 0 Å². The molecule has 2 fully saturated rings. The van der Waals surface area contributed by atoms with Gasteiger partial charge in [0.25, 0.3) is 0 Å². The van der Waals surface area contributed by atoms with Crippen molar-refractivity contribution in [2.45, 2.75) is 25.4 Å². The zero-order valence-electron chi connectivity index (χ0n) is 16.3. The van der Waals surface area contributed by atoms with E-state index in [1.54, 1.807) is 6.33 Å². The molecule has 2 saturated heterocycles. The third-order valence-corrected chi connectivity index (χ3v) is 5.91. The second-order valence-corrected chi connectivity index (χ2v) is 7.61. The van der Waals surface area contributed by atoms with Gasteiger partial charge in [0.05, 0.1) is 36.1 Å². The highest BCUT2D eigenvalue weighted by Gasteiger charge is 2.26. The van der Waals surface area contributed by atoms with Gasteiger partial charge in [-0.3, -0.25) is 0 Å². The van der Waals surface area contributed by atoms with E-state index in [0.717, 1.165) is 67.5 Å². The second-order valence-electron chi connectivity index (χ2n) is 7.61. The maximum absolute atomic E-state index is 9.73. The van der Waals surface area contributed by atoms with Crippen molar-refractivity contribution in [3.8, 4) is 11.8 Å². The minimum atomic E-state index is 0.362. The smallest absolute Gasteiger partial charge is 0.144 e. The van der Waals surface area contributed by atoms with Gasteiger partial charge in [0.2, 0.25) is 0 Å². The molecule has 2 aromatic rings. The van der Waals surface area contributed by atoms with Crippen molar-refractivity contribution in [1.82, 2.24) is 15.3 Å². The van der Waals surface area contributed by atoms with Gasteiger partial charge in [-0.1, -0.05) is 0 Å². The highest BCUT2D eigenvalue weighted by molar-refractivity contribution is 5.73. The number of hydrogen-bond donors (Lipinski definition) is 2. The lowest BCUT2D eigenvalue weighted by atomic mass is 9.87. The van der Waals surface area contributed by atoms with Crippen molar-refractivity contribution in [3.05, 3.63) is 35.2 Å². The van der Waals surface area contributed by atoms with Crippen LogP contribution in [-0.4, -0.2) is 49.4 Å². The Labute approximate surface area is 169 Å². The molecule has 0 saturated carbocycles. The number of morpholine rings is 1. The Morgan fingerprint density at radius 3 is 2.76 bits per heavy atom. The summed E-state index contributed by atoms with van der Waals surface area (Å²) in [5.74, 6) is 2.72. The molecule has 8 heteroatoms. The molecule has 29 heavy (non-hydrogen) atoms. The fourth-order valence-corrected chi connectivity index (χ4v) is 4.35. The minimum absolute atomic E-state index is 0.362. The number of nitrogens with one attached hydrogen (secondary N) is 2. The largest absolute Gasteiger partial charge is 0.486 e. The lowest BCUT2D eigenvalue weighted by Crippen LogP contribution is -2.37. The summed E-state index contributed by atoms with van der Waals surface area (Å²) in [6, 6.07) is 6.32. The molecule has 0 bridgehead atoms. The van der Waals surface area contributed by atoms with Crippen LogP contribution in [0.15, 0.2) is 18.5 Å². The second kappa shape index (κ2) is 7.85. The quantitative estimate of drug-likeness (QED) is 0.804. The van der Waals surface area contributed by atoms with Crippen molar-refractivity contribution in [3.63, 3.8) is 0 Å². The molecule has 150 valence electrons. The summed E-state index contributed by atoms with van der Waals surface area (Å²) in [5, 5.41) is 16.6. The van der Waals surface area contributed by atoms with Gasteiger partial charge in [-0.25, -0.2) is 9.97 Å². The number of ether oxygens (including phenoxy) is 2. The third-order valence-electron chi connectivity index (χ3n) is 5.91. The van der Waals surface area contributed by atoms with Gasteiger partial charge >= 0.3 is 0 Å². The molecule has 3 aliphatic heterocycles. The number of aromatic nitrogens is 2. The lowest BCUT2D eigenvalue weighted by molar-refractivity contribution is 0.122. The Hall–Kier alpha value is -2.89. The fourth-order valence-electron chi connectivity index (χ4n) is 4.35. The topological polar surface area (TPSA) is 95.3 Å². The number of fused-ring (bicyclic) bond motifs is 2. The van der Waals surface area contributed by atoms with Crippen LogP contribution in [0.5, 0.6) is 5.75 Å². The molecule has 0 spiro atoms. The number of rotatable bonds is 2. The van der Waals surface area contributed by atoms with Gasteiger partial charge in [-0.05, 0) is 43.5 Å². The molecule has 4 heterocycles. The van der Waals surface area contributed by atoms with Gasteiger partial charge in [0.15, 0.2) is 0 Å². The number of piperidine rings is 1. The van der Waals surface area contributed by atoms with Crippen LogP contribution in [0.4, 0.5) is 17.3 Å². The average molecular weight is 392 g/mol. The summed E-state index contributed by atoms with van der Waals surface area (Å²) in [6.45, 7) is 5.31. The van der Waals surface area contributed by atoms with Gasteiger partial charge in [0.1, 0.15) is 30.3 Å². The van der Waals surface area contributed by atoms with E-state index >= 15 is 0 Å². The van der Waals surface area contributed by atoms with Crippen LogP contribution in [0.1, 0.15) is 35.4 Å². The highest BCUT2D eigenvalue weighted by Crippen LogP contribution is 2.40. The first-order chi connectivity index (χ1) is 14.3.